The molecule has 1 aromatic carbocycles. The molecule has 18 heavy (non-hydrogen) atoms. The second kappa shape index (κ2) is 7.01. The highest BCUT2D eigenvalue weighted by Gasteiger charge is 2.20. The van der Waals surface area contributed by atoms with Crippen molar-refractivity contribution in [3.05, 3.63) is 29.3 Å². The third-order valence-corrected chi connectivity index (χ3v) is 4.11. The molecule has 1 saturated carbocycles. The first kappa shape index (κ1) is 13.7. The summed E-state index contributed by atoms with van der Waals surface area (Å²) in [6.07, 6.45) is 7.53. The Bertz CT molecular complexity index is 363. The molecule has 0 heterocycles. The number of rotatable bonds is 5. The summed E-state index contributed by atoms with van der Waals surface area (Å²) in [6.45, 7) is 0.654. The molecular weight excluding hydrogens is 246 g/mol. The molecule has 0 radical (unpaired) electrons. The second-order valence-electron chi connectivity index (χ2n) is 5.13. The Morgan fingerprint density at radius 3 is 2.67 bits per heavy atom. The number of nitrogens with two attached hydrogens (primary N) is 1. The summed E-state index contributed by atoms with van der Waals surface area (Å²) in [4.78, 5) is 0. The molecule has 0 amide bonds. The minimum Gasteiger partial charge on any atom is -0.492 e. The first-order valence-corrected chi connectivity index (χ1v) is 7.28. The van der Waals surface area contributed by atoms with E-state index in [9.17, 15) is 0 Å². The van der Waals surface area contributed by atoms with Crippen LogP contribution in [0, 0.1) is 5.92 Å². The summed E-state index contributed by atoms with van der Waals surface area (Å²) in [6, 6.07) is 7.85. The van der Waals surface area contributed by atoms with Crippen LogP contribution in [0.3, 0.4) is 0 Å². The summed E-state index contributed by atoms with van der Waals surface area (Å²) in [5, 5.41) is 0.670. The smallest absolute Gasteiger partial charge is 0.137 e. The van der Waals surface area contributed by atoms with Crippen molar-refractivity contribution in [2.45, 2.75) is 44.6 Å². The maximum atomic E-state index is 6.24. The molecule has 1 atom stereocenters. The Balaban J connectivity index is 1.73. The molecule has 1 aliphatic carbocycles. The average Bonchev–Trinajstić information content (AvgIpc) is 2.42. The lowest BCUT2D eigenvalue weighted by Gasteiger charge is -2.27. The van der Waals surface area contributed by atoms with Crippen molar-refractivity contribution in [2.24, 2.45) is 11.7 Å². The quantitative estimate of drug-likeness (QED) is 0.875. The van der Waals surface area contributed by atoms with Crippen LogP contribution in [-0.4, -0.2) is 12.6 Å². The lowest BCUT2D eigenvalue weighted by Crippen LogP contribution is -2.33. The van der Waals surface area contributed by atoms with Gasteiger partial charge < -0.3 is 10.5 Å². The molecule has 0 aliphatic heterocycles. The van der Waals surface area contributed by atoms with Crippen molar-refractivity contribution in [1.82, 2.24) is 0 Å². The van der Waals surface area contributed by atoms with Crippen LogP contribution < -0.4 is 10.5 Å². The van der Waals surface area contributed by atoms with Crippen molar-refractivity contribution in [2.75, 3.05) is 6.61 Å². The van der Waals surface area contributed by atoms with E-state index in [1.807, 2.05) is 24.3 Å². The molecule has 0 aromatic heterocycles. The minimum absolute atomic E-state index is 0.271. The fourth-order valence-electron chi connectivity index (χ4n) is 2.66. The average molecular weight is 268 g/mol. The number of hydrogen-bond donors (Lipinski definition) is 1. The summed E-state index contributed by atoms with van der Waals surface area (Å²) in [5.41, 5.74) is 6.24. The molecular formula is C15H22ClNO. The van der Waals surface area contributed by atoms with Gasteiger partial charge in [-0.3, -0.25) is 0 Å². The standard InChI is InChI=1S/C15H22ClNO/c16-13-8-4-5-9-15(13)18-11-10-14(17)12-6-2-1-3-7-12/h4-5,8-9,12,14H,1-3,6-7,10-11,17H2. The van der Waals surface area contributed by atoms with Crippen LogP contribution in [0.5, 0.6) is 5.75 Å². The van der Waals surface area contributed by atoms with E-state index in [4.69, 9.17) is 22.1 Å². The summed E-state index contributed by atoms with van der Waals surface area (Å²) in [5.74, 6) is 1.45. The first-order valence-electron chi connectivity index (χ1n) is 6.90. The number of benzene rings is 1. The van der Waals surface area contributed by atoms with Crippen LogP contribution >= 0.6 is 11.6 Å². The van der Waals surface area contributed by atoms with Crippen LogP contribution in [-0.2, 0) is 0 Å². The lowest BCUT2D eigenvalue weighted by atomic mass is 9.83. The van der Waals surface area contributed by atoms with Crippen molar-refractivity contribution < 1.29 is 4.74 Å². The monoisotopic (exact) mass is 267 g/mol. The Labute approximate surface area is 114 Å². The zero-order valence-corrected chi connectivity index (χ0v) is 11.5. The van der Waals surface area contributed by atoms with Gasteiger partial charge in [-0.05, 0) is 37.3 Å². The van der Waals surface area contributed by atoms with Gasteiger partial charge in [0, 0.05) is 6.04 Å². The molecule has 1 fully saturated rings. The molecule has 3 heteroatoms. The summed E-state index contributed by atoms with van der Waals surface area (Å²) >= 11 is 6.03. The molecule has 100 valence electrons. The van der Waals surface area contributed by atoms with E-state index in [0.717, 1.165) is 12.2 Å². The van der Waals surface area contributed by atoms with Crippen LogP contribution in [0.25, 0.3) is 0 Å². The highest BCUT2D eigenvalue weighted by molar-refractivity contribution is 6.32. The van der Waals surface area contributed by atoms with Crippen molar-refractivity contribution >= 4 is 11.6 Å². The van der Waals surface area contributed by atoms with E-state index in [2.05, 4.69) is 0 Å². The largest absolute Gasteiger partial charge is 0.492 e. The number of halogens is 1. The van der Waals surface area contributed by atoms with Crippen LogP contribution in [0.2, 0.25) is 5.02 Å². The zero-order chi connectivity index (χ0) is 12.8. The van der Waals surface area contributed by atoms with Crippen LogP contribution in [0.1, 0.15) is 38.5 Å². The van der Waals surface area contributed by atoms with Crippen molar-refractivity contribution in [1.29, 1.82) is 0 Å². The van der Waals surface area contributed by atoms with Gasteiger partial charge in [-0.1, -0.05) is 43.0 Å². The first-order chi connectivity index (χ1) is 8.77. The molecule has 1 unspecified atom stereocenters. The molecule has 2 rings (SSSR count). The van der Waals surface area contributed by atoms with Crippen molar-refractivity contribution in [3.63, 3.8) is 0 Å². The molecule has 2 nitrogen and oxygen atoms in total. The van der Waals surface area contributed by atoms with Gasteiger partial charge in [0.2, 0.25) is 0 Å². The molecule has 1 aromatic rings. The lowest BCUT2D eigenvalue weighted by molar-refractivity contribution is 0.243. The Morgan fingerprint density at radius 1 is 1.22 bits per heavy atom. The van der Waals surface area contributed by atoms with E-state index in [0.29, 0.717) is 17.5 Å². The minimum atomic E-state index is 0.271. The van der Waals surface area contributed by atoms with E-state index in [1.165, 1.54) is 32.1 Å². The van der Waals surface area contributed by atoms with E-state index in [1.54, 1.807) is 0 Å². The third-order valence-electron chi connectivity index (χ3n) is 3.80. The molecule has 0 saturated heterocycles. The predicted molar refractivity (Wildman–Crippen MR) is 76.1 cm³/mol. The fourth-order valence-corrected chi connectivity index (χ4v) is 2.86. The van der Waals surface area contributed by atoms with E-state index < -0.39 is 0 Å². The van der Waals surface area contributed by atoms with Gasteiger partial charge >= 0.3 is 0 Å². The number of hydrogen-bond acceptors (Lipinski definition) is 2. The topological polar surface area (TPSA) is 35.2 Å². The predicted octanol–water partition coefficient (Wildman–Crippen LogP) is 4.02. The van der Waals surface area contributed by atoms with E-state index in [-0.39, 0.29) is 6.04 Å². The molecule has 0 spiro atoms. The highest BCUT2D eigenvalue weighted by Crippen LogP contribution is 2.27. The highest BCUT2D eigenvalue weighted by atomic mass is 35.5. The van der Waals surface area contributed by atoms with Gasteiger partial charge in [-0.15, -0.1) is 0 Å². The van der Waals surface area contributed by atoms with Gasteiger partial charge in [0.05, 0.1) is 11.6 Å². The van der Waals surface area contributed by atoms with Crippen LogP contribution in [0.15, 0.2) is 24.3 Å². The van der Waals surface area contributed by atoms with Gasteiger partial charge in [-0.25, -0.2) is 0 Å². The normalized spacial score (nSPS) is 18.6. The molecule has 0 bridgehead atoms. The summed E-state index contributed by atoms with van der Waals surface area (Å²) in [7, 11) is 0. The van der Waals surface area contributed by atoms with Gasteiger partial charge in [0.15, 0.2) is 0 Å². The Hall–Kier alpha value is -0.730. The maximum Gasteiger partial charge on any atom is 0.137 e. The van der Waals surface area contributed by atoms with E-state index >= 15 is 0 Å². The van der Waals surface area contributed by atoms with Gasteiger partial charge in [-0.2, -0.15) is 0 Å². The third kappa shape index (κ3) is 3.89. The Kier molecular flexibility index (Phi) is 5.33. The molecule has 1 aliphatic rings. The second-order valence-corrected chi connectivity index (χ2v) is 5.54. The maximum absolute atomic E-state index is 6.24. The van der Waals surface area contributed by atoms with Gasteiger partial charge in [0.1, 0.15) is 5.75 Å². The number of para-hydroxylation sites is 1. The fraction of sp³-hybridized carbons (Fsp3) is 0.600. The molecule has 2 N–H and O–H groups in total. The summed E-state index contributed by atoms with van der Waals surface area (Å²) < 4.78 is 5.69. The SMILES string of the molecule is NC(CCOc1ccccc1Cl)C1CCCCC1. The number of ether oxygens (including phenoxy) is 1. The zero-order valence-electron chi connectivity index (χ0n) is 10.8. The Morgan fingerprint density at radius 2 is 1.94 bits per heavy atom. The van der Waals surface area contributed by atoms with Crippen LogP contribution in [0.4, 0.5) is 0 Å². The van der Waals surface area contributed by atoms with Crippen molar-refractivity contribution in [3.8, 4) is 5.75 Å². The van der Waals surface area contributed by atoms with Gasteiger partial charge in [0.25, 0.3) is 0 Å².